The van der Waals surface area contributed by atoms with Gasteiger partial charge in [0.05, 0.1) is 5.54 Å². The highest BCUT2D eigenvalue weighted by atomic mass is 15.2. The Hall–Kier alpha value is -1.18. The minimum Gasteiger partial charge on any atom is -0.187 e. The van der Waals surface area contributed by atoms with Crippen molar-refractivity contribution in [3.8, 4) is 0 Å². The summed E-state index contributed by atoms with van der Waals surface area (Å²) in [5.74, 6) is 0. The summed E-state index contributed by atoms with van der Waals surface area (Å²) >= 11 is 0. The van der Waals surface area contributed by atoms with Crippen LogP contribution in [-0.2, 0) is 5.54 Å². The van der Waals surface area contributed by atoms with Crippen LogP contribution < -0.4 is 0 Å². The molecule has 0 aliphatic rings. The van der Waals surface area contributed by atoms with E-state index in [2.05, 4.69) is 57.0 Å². The molecule has 0 saturated heterocycles. The van der Waals surface area contributed by atoms with E-state index in [1.54, 1.807) is 0 Å². The number of benzene rings is 1. The summed E-state index contributed by atoms with van der Waals surface area (Å²) in [6, 6.07) is 10.2. The fraction of sp³-hybridized carbons (Fsp3) is 0.538. The second-order valence-electron chi connectivity index (χ2n) is 5.30. The number of rotatable bonds is 2. The zero-order valence-electron chi connectivity index (χ0n) is 10.3. The van der Waals surface area contributed by atoms with Gasteiger partial charge in [-0.15, -0.1) is 0 Å². The molecule has 15 heavy (non-hydrogen) atoms. The van der Waals surface area contributed by atoms with Crippen LogP contribution in [0.2, 0.25) is 0 Å². The molecule has 2 heteroatoms. The van der Waals surface area contributed by atoms with Gasteiger partial charge < -0.3 is 0 Å². The van der Waals surface area contributed by atoms with E-state index in [-0.39, 0.29) is 11.1 Å². The maximum absolute atomic E-state index is 4.42. The Bertz CT molecular complexity index is 331. The molecule has 0 heterocycles. The van der Waals surface area contributed by atoms with Gasteiger partial charge in [-0.05, 0) is 40.2 Å². The zero-order chi connectivity index (χ0) is 11.5. The lowest BCUT2D eigenvalue weighted by molar-refractivity contribution is 0.452. The first-order valence-corrected chi connectivity index (χ1v) is 5.31. The van der Waals surface area contributed by atoms with Crippen LogP contribution in [0.15, 0.2) is 40.6 Å². The number of hydrogen-bond acceptors (Lipinski definition) is 2. The minimum atomic E-state index is -0.242. The van der Waals surface area contributed by atoms with E-state index in [9.17, 15) is 0 Å². The fourth-order valence-corrected chi connectivity index (χ4v) is 1.18. The van der Waals surface area contributed by atoms with Crippen LogP contribution in [0.25, 0.3) is 0 Å². The lowest BCUT2D eigenvalue weighted by Gasteiger charge is -2.21. The van der Waals surface area contributed by atoms with Crippen LogP contribution in [0.1, 0.15) is 40.2 Å². The Balaban J connectivity index is 2.90. The number of nitrogens with zero attached hydrogens (tertiary/aromatic N) is 2. The second kappa shape index (κ2) is 4.13. The van der Waals surface area contributed by atoms with Crippen molar-refractivity contribution in [3.63, 3.8) is 0 Å². The van der Waals surface area contributed by atoms with Crippen molar-refractivity contribution >= 4 is 0 Å². The maximum atomic E-state index is 4.42. The first-order valence-electron chi connectivity index (χ1n) is 5.31. The van der Waals surface area contributed by atoms with Crippen LogP contribution in [0, 0.1) is 0 Å². The van der Waals surface area contributed by atoms with Gasteiger partial charge in [0.15, 0.2) is 0 Å². The average molecular weight is 204 g/mol. The molecule has 0 aliphatic heterocycles. The summed E-state index contributed by atoms with van der Waals surface area (Å²) in [4.78, 5) is 0. The Morgan fingerprint density at radius 3 is 1.80 bits per heavy atom. The van der Waals surface area contributed by atoms with E-state index in [1.165, 1.54) is 5.56 Å². The minimum absolute atomic E-state index is 0.105. The summed E-state index contributed by atoms with van der Waals surface area (Å²) in [6.45, 7) is 10.3. The highest BCUT2D eigenvalue weighted by Gasteiger charge is 2.20. The van der Waals surface area contributed by atoms with Crippen LogP contribution in [0.4, 0.5) is 0 Å². The SMILES string of the molecule is CC(C)(C)N=NC(C)(C)c1ccccc1. The summed E-state index contributed by atoms with van der Waals surface area (Å²) < 4.78 is 0. The van der Waals surface area contributed by atoms with Crippen molar-refractivity contribution in [1.82, 2.24) is 0 Å². The largest absolute Gasteiger partial charge is 0.187 e. The number of azo groups is 1. The maximum Gasteiger partial charge on any atom is 0.101 e. The molecule has 0 amide bonds. The first-order chi connectivity index (χ1) is 6.81. The molecule has 1 rings (SSSR count). The van der Waals surface area contributed by atoms with Gasteiger partial charge in [0.1, 0.15) is 5.54 Å². The van der Waals surface area contributed by atoms with Gasteiger partial charge in [-0.2, -0.15) is 10.2 Å². The van der Waals surface area contributed by atoms with E-state index in [0.29, 0.717) is 0 Å². The van der Waals surface area contributed by atoms with Crippen LogP contribution in [-0.4, -0.2) is 5.54 Å². The lowest BCUT2D eigenvalue weighted by atomic mass is 9.96. The molecule has 1 aromatic carbocycles. The zero-order valence-corrected chi connectivity index (χ0v) is 10.3. The third kappa shape index (κ3) is 3.82. The van der Waals surface area contributed by atoms with Crippen molar-refractivity contribution in [2.75, 3.05) is 0 Å². The Morgan fingerprint density at radius 1 is 0.800 bits per heavy atom. The van der Waals surface area contributed by atoms with Crippen molar-refractivity contribution in [1.29, 1.82) is 0 Å². The molecule has 0 bridgehead atoms. The molecular weight excluding hydrogens is 184 g/mol. The van der Waals surface area contributed by atoms with Gasteiger partial charge in [-0.3, -0.25) is 0 Å². The van der Waals surface area contributed by atoms with Crippen molar-refractivity contribution in [2.24, 2.45) is 10.2 Å². The van der Waals surface area contributed by atoms with Gasteiger partial charge in [-0.1, -0.05) is 30.3 Å². The molecule has 0 aliphatic carbocycles. The van der Waals surface area contributed by atoms with Crippen LogP contribution in [0.5, 0.6) is 0 Å². The topological polar surface area (TPSA) is 24.7 Å². The third-order valence-corrected chi connectivity index (χ3v) is 2.08. The smallest absolute Gasteiger partial charge is 0.101 e. The Kier molecular flexibility index (Phi) is 3.28. The molecule has 0 unspecified atom stereocenters. The van der Waals surface area contributed by atoms with Crippen molar-refractivity contribution in [3.05, 3.63) is 35.9 Å². The predicted octanol–water partition coefficient (Wildman–Crippen LogP) is 4.17. The molecule has 0 aromatic heterocycles. The summed E-state index contributed by atoms with van der Waals surface area (Å²) in [5.41, 5.74) is 0.846. The van der Waals surface area contributed by atoms with E-state index >= 15 is 0 Å². The molecule has 0 saturated carbocycles. The van der Waals surface area contributed by atoms with Gasteiger partial charge in [0.25, 0.3) is 0 Å². The quantitative estimate of drug-likeness (QED) is 0.646. The van der Waals surface area contributed by atoms with Gasteiger partial charge in [-0.25, -0.2) is 0 Å². The van der Waals surface area contributed by atoms with E-state index in [0.717, 1.165) is 0 Å². The van der Waals surface area contributed by atoms with E-state index in [1.807, 2.05) is 18.2 Å². The molecule has 0 N–H and O–H groups in total. The highest BCUT2D eigenvalue weighted by molar-refractivity contribution is 5.22. The van der Waals surface area contributed by atoms with E-state index < -0.39 is 0 Å². The third-order valence-electron chi connectivity index (χ3n) is 2.08. The van der Waals surface area contributed by atoms with Crippen molar-refractivity contribution in [2.45, 2.75) is 45.7 Å². The predicted molar refractivity (Wildman–Crippen MR) is 64.1 cm³/mol. The summed E-state index contributed by atoms with van der Waals surface area (Å²) in [7, 11) is 0. The molecular formula is C13H20N2. The first kappa shape index (κ1) is 11.9. The molecule has 2 nitrogen and oxygen atoms in total. The van der Waals surface area contributed by atoms with Gasteiger partial charge in [0, 0.05) is 0 Å². The monoisotopic (exact) mass is 204 g/mol. The second-order valence-corrected chi connectivity index (χ2v) is 5.30. The van der Waals surface area contributed by atoms with Gasteiger partial charge >= 0.3 is 0 Å². The molecule has 0 radical (unpaired) electrons. The highest BCUT2D eigenvalue weighted by Crippen LogP contribution is 2.26. The normalized spacial score (nSPS) is 13.4. The molecule has 1 aromatic rings. The lowest BCUT2D eigenvalue weighted by Crippen LogP contribution is -2.16. The van der Waals surface area contributed by atoms with Gasteiger partial charge in [0.2, 0.25) is 0 Å². The Morgan fingerprint density at radius 2 is 1.33 bits per heavy atom. The summed E-state index contributed by atoms with van der Waals surface area (Å²) in [6.07, 6.45) is 0. The standard InChI is InChI=1S/C13H20N2/c1-12(2,3)14-15-13(4,5)11-9-7-6-8-10-11/h6-10H,1-5H3. The Labute approximate surface area is 92.4 Å². The molecule has 0 fully saturated rings. The summed E-state index contributed by atoms with van der Waals surface area (Å²) in [5, 5.41) is 8.75. The number of hydrogen-bond donors (Lipinski definition) is 0. The van der Waals surface area contributed by atoms with Crippen LogP contribution in [0.3, 0.4) is 0 Å². The molecule has 82 valence electrons. The van der Waals surface area contributed by atoms with Crippen molar-refractivity contribution < 1.29 is 0 Å². The molecule has 0 spiro atoms. The van der Waals surface area contributed by atoms with Crippen LogP contribution >= 0.6 is 0 Å². The fourth-order valence-electron chi connectivity index (χ4n) is 1.18. The average Bonchev–Trinajstić information content (AvgIpc) is 2.16. The van der Waals surface area contributed by atoms with E-state index in [4.69, 9.17) is 0 Å². The molecule has 0 atom stereocenters.